The third-order valence-corrected chi connectivity index (χ3v) is 13.9. The summed E-state index contributed by atoms with van der Waals surface area (Å²) in [6, 6.07) is 25.2. The molecule has 3 atom stereocenters. The van der Waals surface area contributed by atoms with E-state index in [0.717, 1.165) is 49.9 Å². The number of nitriles is 1. The van der Waals surface area contributed by atoms with E-state index in [-0.39, 0.29) is 62.4 Å². The average molecular weight is 1030 g/mol. The first-order valence-corrected chi connectivity index (χ1v) is 24.5. The standard InChI is InChI=1S/C53H55F3N6O8S2/c1-32-45(72-31-58-32)36-10-7-33(8-11-36)9-22-44(64)43-28-40(63)30-60(43)47(65)46(51(2,3)4)59-49(67)70-26-24-68-23-25-69-41-20-15-35(16-21-41)34-12-17-38(18-13-34)62-50(71)61(48(66)52(62,5)6)39-19-14-37(29-57)42(27-39)53(54,55)56/h7-8,10-21,27,31,40,43,46,63H,9,22-26,28,30H2,1-6H3,(H,59,67)/t40-,43+,46-/m1/s1. The number of carbonyl (C=O) groups excluding carboxylic acids is 4. The number of benzene rings is 4. The number of aryl methyl sites for hydroxylation is 2. The van der Waals surface area contributed by atoms with Crippen LogP contribution in [0.3, 0.4) is 0 Å². The molecule has 0 unspecified atom stereocenters. The van der Waals surface area contributed by atoms with Crippen molar-refractivity contribution in [1.29, 1.82) is 5.26 Å². The molecule has 7 rings (SSSR count). The number of amides is 3. The lowest BCUT2D eigenvalue weighted by Crippen LogP contribution is -2.57. The van der Waals surface area contributed by atoms with E-state index in [2.05, 4.69) is 10.3 Å². The van der Waals surface area contributed by atoms with E-state index >= 15 is 0 Å². The number of alkyl carbamates (subject to hydrolysis) is 1. The van der Waals surface area contributed by atoms with Crippen LogP contribution in [0.15, 0.2) is 96.5 Å². The van der Waals surface area contributed by atoms with Gasteiger partial charge in [0.25, 0.3) is 5.91 Å². The highest BCUT2D eigenvalue weighted by Crippen LogP contribution is 2.40. The number of hydrogen-bond donors (Lipinski definition) is 2. The van der Waals surface area contributed by atoms with Crippen LogP contribution in [0.5, 0.6) is 5.75 Å². The Labute approximate surface area is 425 Å². The van der Waals surface area contributed by atoms with Gasteiger partial charge in [-0.3, -0.25) is 19.3 Å². The molecule has 378 valence electrons. The highest BCUT2D eigenvalue weighted by molar-refractivity contribution is 7.81. The van der Waals surface area contributed by atoms with Gasteiger partial charge in [0.1, 0.15) is 30.5 Å². The number of β-amino-alcohol motifs (C(OH)–C–C–N with tert-alkyl or cyclic N) is 1. The van der Waals surface area contributed by atoms with Crippen molar-refractivity contribution in [2.45, 2.75) is 90.7 Å². The third-order valence-electron chi connectivity index (χ3n) is 12.6. The molecule has 3 amide bonds. The molecule has 2 aliphatic heterocycles. The molecule has 1 aromatic heterocycles. The Kier molecular flexibility index (Phi) is 16.2. The third kappa shape index (κ3) is 12.0. The second-order valence-corrected chi connectivity index (χ2v) is 20.3. The van der Waals surface area contributed by atoms with E-state index in [1.807, 2.05) is 61.0 Å². The molecule has 0 aliphatic carbocycles. The second-order valence-electron chi connectivity index (χ2n) is 19.1. The molecule has 14 nitrogen and oxygen atoms in total. The topological polar surface area (TPSA) is 175 Å². The van der Waals surface area contributed by atoms with E-state index in [1.165, 1.54) is 11.0 Å². The Hall–Kier alpha value is -6.72. The number of anilines is 2. The predicted octanol–water partition coefficient (Wildman–Crippen LogP) is 9.29. The Morgan fingerprint density at radius 2 is 1.56 bits per heavy atom. The van der Waals surface area contributed by atoms with Gasteiger partial charge in [0.15, 0.2) is 10.9 Å². The van der Waals surface area contributed by atoms with Crippen molar-refractivity contribution in [3.8, 4) is 33.4 Å². The van der Waals surface area contributed by atoms with Gasteiger partial charge in [-0.1, -0.05) is 69.3 Å². The van der Waals surface area contributed by atoms with E-state index in [9.17, 15) is 42.7 Å². The normalized spacial score (nSPS) is 17.2. The monoisotopic (exact) mass is 1020 g/mol. The smallest absolute Gasteiger partial charge is 0.417 e. The summed E-state index contributed by atoms with van der Waals surface area (Å²) >= 11 is 7.23. The van der Waals surface area contributed by atoms with Gasteiger partial charge < -0.3 is 34.4 Å². The van der Waals surface area contributed by atoms with Gasteiger partial charge in [-0.25, -0.2) is 9.78 Å². The maximum absolute atomic E-state index is 14.0. The quantitative estimate of drug-likeness (QED) is 0.0669. The van der Waals surface area contributed by atoms with Crippen molar-refractivity contribution in [3.05, 3.63) is 119 Å². The zero-order chi connectivity index (χ0) is 52.1. The summed E-state index contributed by atoms with van der Waals surface area (Å²) in [6.07, 6.45) is -5.74. The van der Waals surface area contributed by atoms with E-state index in [0.29, 0.717) is 17.9 Å². The first-order valence-electron chi connectivity index (χ1n) is 23.2. The van der Waals surface area contributed by atoms with Crippen LogP contribution in [0.4, 0.5) is 29.3 Å². The first kappa shape index (κ1) is 53.1. The van der Waals surface area contributed by atoms with Crippen molar-refractivity contribution in [3.63, 3.8) is 0 Å². The number of halogens is 3. The summed E-state index contributed by atoms with van der Waals surface area (Å²) < 4.78 is 58.1. The van der Waals surface area contributed by atoms with Crippen molar-refractivity contribution in [2.75, 3.05) is 42.8 Å². The first-order chi connectivity index (χ1) is 34.1. The number of rotatable bonds is 17. The molecule has 0 radical (unpaired) electrons. The minimum atomic E-state index is -4.81. The van der Waals surface area contributed by atoms with Gasteiger partial charge in [-0.05, 0) is 110 Å². The molecule has 2 N–H and O–H groups in total. The predicted molar refractivity (Wildman–Crippen MR) is 270 cm³/mol. The number of nitrogens with zero attached hydrogens (tertiary/aromatic N) is 5. The van der Waals surface area contributed by atoms with E-state index in [4.69, 9.17) is 26.4 Å². The molecule has 0 saturated carbocycles. The maximum atomic E-state index is 14.0. The molecule has 72 heavy (non-hydrogen) atoms. The number of ketones is 1. The van der Waals surface area contributed by atoms with Crippen molar-refractivity contribution in [2.24, 2.45) is 5.41 Å². The number of Topliss-reactive ketones (excluding diaryl/α,β-unsaturated/α-hetero) is 1. The van der Waals surface area contributed by atoms with E-state index < -0.39 is 64.4 Å². The zero-order valence-corrected chi connectivity index (χ0v) is 42.3. The van der Waals surface area contributed by atoms with Crippen LogP contribution < -0.4 is 19.9 Å². The fourth-order valence-electron chi connectivity index (χ4n) is 8.69. The minimum Gasteiger partial charge on any atom is -0.491 e. The lowest BCUT2D eigenvalue weighted by atomic mass is 9.85. The molecular formula is C53H55F3N6O8S2. The fraction of sp³-hybridized carbons (Fsp3) is 0.377. The van der Waals surface area contributed by atoms with Gasteiger partial charge in [0.05, 0.1) is 64.3 Å². The van der Waals surface area contributed by atoms with Gasteiger partial charge in [0, 0.05) is 25.1 Å². The number of nitrogens with one attached hydrogen (secondary N) is 1. The molecule has 0 spiro atoms. The van der Waals surface area contributed by atoms with Crippen LogP contribution in [0.2, 0.25) is 0 Å². The minimum absolute atomic E-state index is 0.00475. The Balaban J connectivity index is 0.841. The zero-order valence-electron chi connectivity index (χ0n) is 40.6. The van der Waals surface area contributed by atoms with Crippen LogP contribution in [-0.4, -0.2) is 100 Å². The average Bonchev–Trinajstić information content (AvgIpc) is 4.01. The molecule has 2 fully saturated rings. The highest BCUT2D eigenvalue weighted by atomic mass is 32.1. The lowest BCUT2D eigenvalue weighted by Gasteiger charge is -2.35. The van der Waals surface area contributed by atoms with Crippen molar-refractivity contribution in [1.82, 2.24) is 15.2 Å². The van der Waals surface area contributed by atoms with Gasteiger partial charge in [-0.2, -0.15) is 18.4 Å². The molecule has 5 aromatic rings. The molecule has 19 heteroatoms. The van der Waals surface area contributed by atoms with E-state index in [1.54, 1.807) is 81.2 Å². The molecular weight excluding hydrogens is 970 g/mol. The summed E-state index contributed by atoms with van der Waals surface area (Å²) in [5.41, 5.74) is 3.25. The molecule has 4 aromatic carbocycles. The highest BCUT2D eigenvalue weighted by Gasteiger charge is 2.51. The Morgan fingerprint density at radius 1 is 0.931 bits per heavy atom. The number of aliphatic hydroxyl groups excluding tert-OH is 1. The summed E-state index contributed by atoms with van der Waals surface area (Å²) in [4.78, 5) is 63.5. The second kappa shape index (κ2) is 22.0. The molecule has 2 saturated heterocycles. The number of thiazole rings is 1. The molecule has 3 heterocycles. The van der Waals surface area contributed by atoms with Crippen LogP contribution in [0.1, 0.15) is 69.8 Å². The number of likely N-dealkylation sites (tertiary alicyclic amines) is 1. The van der Waals surface area contributed by atoms with Crippen molar-refractivity contribution < 1.29 is 51.7 Å². The van der Waals surface area contributed by atoms with Gasteiger partial charge in [-0.15, -0.1) is 11.3 Å². The summed E-state index contributed by atoms with van der Waals surface area (Å²) in [6.45, 7) is 10.9. The molecule has 2 aliphatic rings. The number of alkyl halides is 3. The largest absolute Gasteiger partial charge is 0.491 e. The Bertz CT molecular complexity index is 2840. The van der Waals surface area contributed by atoms with Gasteiger partial charge in [0.2, 0.25) is 5.91 Å². The SMILES string of the molecule is Cc1ncsc1-c1ccc(CCC(=O)[C@@H]2C[C@@H](O)CN2C(=O)[C@@H](NC(=O)OCCOCCOc2ccc(-c3ccc(N4C(=S)N(c5ccc(C#N)c(C(F)(F)F)c5)C(=O)C4(C)C)cc3)cc2)C(C)(C)C)cc1. The summed E-state index contributed by atoms with van der Waals surface area (Å²) in [7, 11) is 0. The number of aromatic nitrogens is 1. The number of thiocarbonyl (C=S) groups is 1. The number of hydrogen-bond acceptors (Lipinski definition) is 12. The maximum Gasteiger partial charge on any atom is 0.417 e. The number of carbonyl (C=O) groups is 4. The summed E-state index contributed by atoms with van der Waals surface area (Å²) in [5, 5.41) is 22.5. The number of ether oxygens (including phenoxy) is 3. The number of aliphatic hydroxyl groups is 1. The Morgan fingerprint density at radius 3 is 2.17 bits per heavy atom. The van der Waals surface area contributed by atoms with Crippen LogP contribution in [-0.2, 0) is 36.5 Å². The van der Waals surface area contributed by atoms with Crippen LogP contribution >= 0.6 is 23.6 Å². The van der Waals surface area contributed by atoms with Crippen molar-refractivity contribution >= 4 is 63.7 Å². The summed E-state index contributed by atoms with van der Waals surface area (Å²) in [5.74, 6) is -0.583. The molecule has 0 bridgehead atoms. The lowest BCUT2D eigenvalue weighted by molar-refractivity contribution is -0.141. The van der Waals surface area contributed by atoms with Gasteiger partial charge >= 0.3 is 12.3 Å². The van der Waals surface area contributed by atoms with Crippen LogP contribution in [0, 0.1) is 23.7 Å². The fourth-order valence-corrected chi connectivity index (χ4v) is 10.0. The van der Waals surface area contributed by atoms with Crippen LogP contribution in [0.25, 0.3) is 21.6 Å².